The maximum absolute atomic E-state index is 12.1. The first-order chi connectivity index (χ1) is 20.0. The number of carbonyl (C=O) groups excluding carboxylic acids is 2. The summed E-state index contributed by atoms with van der Waals surface area (Å²) in [6.07, 6.45) is 10.4. The number of aliphatic hydroxyl groups is 2. The fourth-order valence-electron chi connectivity index (χ4n) is 4.94. The molecule has 7 N–H and O–H groups in total. The van der Waals surface area contributed by atoms with Crippen LogP contribution in [-0.2, 0) is 29.0 Å². The summed E-state index contributed by atoms with van der Waals surface area (Å²) < 4.78 is 0. The molecule has 0 spiro atoms. The molecule has 0 bridgehead atoms. The van der Waals surface area contributed by atoms with Gasteiger partial charge in [-0.2, -0.15) is 0 Å². The summed E-state index contributed by atoms with van der Waals surface area (Å²) in [5.41, 5.74) is 2.56. The van der Waals surface area contributed by atoms with E-state index in [9.17, 15) is 24.9 Å². The molecule has 10 heteroatoms. The Morgan fingerprint density at radius 2 is 1.57 bits per heavy atom. The second-order valence-electron chi connectivity index (χ2n) is 11.1. The average molecular weight is 586 g/mol. The van der Waals surface area contributed by atoms with E-state index in [0.717, 1.165) is 38.3 Å². The SMILES string of the molecule is CC(=O)O.C[C@]1(Cc2cccc(CCCCCCCCCCNC[C@H](O)c3ccc(O)c(CO)c3)c2)NC(=O)NC1=O. The van der Waals surface area contributed by atoms with Crippen LogP contribution in [0.5, 0.6) is 5.75 Å². The topological polar surface area (TPSA) is 168 Å². The minimum Gasteiger partial charge on any atom is -0.508 e. The van der Waals surface area contributed by atoms with E-state index < -0.39 is 23.6 Å². The van der Waals surface area contributed by atoms with Crippen LogP contribution in [-0.4, -0.2) is 57.0 Å². The predicted octanol–water partition coefficient (Wildman–Crippen LogP) is 4.10. The number of nitrogens with one attached hydrogen (secondary N) is 3. The molecule has 1 aliphatic heterocycles. The zero-order valence-corrected chi connectivity index (χ0v) is 24.8. The highest BCUT2D eigenvalue weighted by Gasteiger charge is 2.41. The van der Waals surface area contributed by atoms with Crippen LogP contribution in [0, 0.1) is 0 Å². The third-order valence-electron chi connectivity index (χ3n) is 7.23. The maximum atomic E-state index is 12.1. The summed E-state index contributed by atoms with van der Waals surface area (Å²) in [6.45, 7) is 3.90. The molecule has 10 nitrogen and oxygen atoms in total. The summed E-state index contributed by atoms with van der Waals surface area (Å²) in [4.78, 5) is 32.5. The molecular weight excluding hydrogens is 538 g/mol. The van der Waals surface area contributed by atoms with Crippen molar-refractivity contribution in [1.29, 1.82) is 0 Å². The molecule has 0 saturated carbocycles. The van der Waals surface area contributed by atoms with Crippen LogP contribution in [0.1, 0.15) is 93.6 Å². The number of aliphatic carboxylic acids is 1. The molecule has 1 aliphatic rings. The Bertz CT molecular complexity index is 1150. The van der Waals surface area contributed by atoms with Crippen LogP contribution in [0.15, 0.2) is 42.5 Å². The lowest BCUT2D eigenvalue weighted by molar-refractivity contribution is -0.134. The van der Waals surface area contributed by atoms with Crippen molar-refractivity contribution >= 4 is 17.9 Å². The summed E-state index contributed by atoms with van der Waals surface area (Å²) in [6, 6.07) is 12.7. The number of carboxylic acids is 1. The third kappa shape index (κ3) is 12.6. The van der Waals surface area contributed by atoms with Gasteiger partial charge in [-0.15, -0.1) is 0 Å². The van der Waals surface area contributed by atoms with E-state index in [1.165, 1.54) is 50.2 Å². The van der Waals surface area contributed by atoms with Crippen molar-refractivity contribution in [2.24, 2.45) is 0 Å². The molecule has 0 aromatic heterocycles. The first-order valence-electron chi connectivity index (χ1n) is 14.8. The number of benzene rings is 2. The van der Waals surface area contributed by atoms with Crippen LogP contribution in [0.3, 0.4) is 0 Å². The zero-order valence-electron chi connectivity index (χ0n) is 24.8. The number of aromatic hydroxyl groups is 1. The fraction of sp³-hybridized carbons (Fsp3) is 0.531. The van der Waals surface area contributed by atoms with Crippen molar-refractivity contribution in [3.8, 4) is 5.75 Å². The number of hydrogen-bond donors (Lipinski definition) is 7. The lowest BCUT2D eigenvalue weighted by Crippen LogP contribution is -2.45. The largest absolute Gasteiger partial charge is 0.508 e. The number of aryl methyl sites for hydroxylation is 1. The molecule has 1 fully saturated rings. The van der Waals surface area contributed by atoms with Crippen molar-refractivity contribution in [3.63, 3.8) is 0 Å². The van der Waals surface area contributed by atoms with Crippen LogP contribution in [0.25, 0.3) is 0 Å². The van der Waals surface area contributed by atoms with E-state index >= 15 is 0 Å². The summed E-state index contributed by atoms with van der Waals surface area (Å²) >= 11 is 0. The number of carbonyl (C=O) groups is 3. The number of imide groups is 1. The quantitative estimate of drug-likeness (QED) is 0.108. The number of urea groups is 1. The van der Waals surface area contributed by atoms with Crippen molar-refractivity contribution in [1.82, 2.24) is 16.0 Å². The van der Waals surface area contributed by atoms with Gasteiger partial charge in [0.1, 0.15) is 11.3 Å². The molecule has 2 aromatic carbocycles. The second kappa shape index (κ2) is 18.1. The highest BCUT2D eigenvalue weighted by molar-refractivity contribution is 6.06. The molecule has 0 unspecified atom stereocenters. The van der Waals surface area contributed by atoms with Crippen LogP contribution >= 0.6 is 0 Å². The van der Waals surface area contributed by atoms with E-state index in [2.05, 4.69) is 28.1 Å². The Labute approximate surface area is 248 Å². The number of amides is 3. The van der Waals surface area contributed by atoms with Crippen LogP contribution < -0.4 is 16.0 Å². The van der Waals surface area contributed by atoms with Gasteiger partial charge in [-0.3, -0.25) is 14.9 Å². The average Bonchev–Trinajstić information content (AvgIpc) is 3.19. The third-order valence-corrected chi connectivity index (χ3v) is 7.23. The van der Waals surface area contributed by atoms with Gasteiger partial charge in [0.2, 0.25) is 0 Å². The summed E-state index contributed by atoms with van der Waals surface area (Å²) in [5, 5.41) is 44.9. The molecule has 3 amide bonds. The van der Waals surface area contributed by atoms with Gasteiger partial charge in [0.15, 0.2) is 0 Å². The van der Waals surface area contributed by atoms with Crippen molar-refractivity contribution < 1.29 is 34.8 Å². The Kier molecular flexibility index (Phi) is 15.0. The number of unbranched alkanes of at least 4 members (excludes halogenated alkanes) is 7. The van der Waals surface area contributed by atoms with Gasteiger partial charge >= 0.3 is 6.03 Å². The normalized spacial score (nSPS) is 16.8. The molecule has 42 heavy (non-hydrogen) atoms. The van der Waals surface area contributed by atoms with Crippen molar-refractivity contribution in [3.05, 3.63) is 64.7 Å². The molecular formula is C32H47N3O7. The van der Waals surface area contributed by atoms with Gasteiger partial charge in [0.05, 0.1) is 12.7 Å². The Morgan fingerprint density at radius 1 is 0.952 bits per heavy atom. The standard InChI is InChI=1S/C30H43N3O5.C2H4O2/c1-30(28(37)32-29(38)33-30)19-23-13-10-12-22(17-23)11-8-6-4-2-3-5-7-9-16-31-20-27(36)24-14-15-26(35)25(18-24)21-34;1-2(3)4/h10,12-15,17-18,27,31,34-36H,2-9,11,16,19-21H2,1H3,(H2,32,33,37,38);1H3,(H,3,4)/t27-,30+;/m0./s1. The molecule has 0 aliphatic carbocycles. The van der Waals surface area contributed by atoms with Gasteiger partial charge < -0.3 is 31.1 Å². The number of rotatable bonds is 17. The van der Waals surface area contributed by atoms with Crippen LogP contribution in [0.2, 0.25) is 0 Å². The summed E-state index contributed by atoms with van der Waals surface area (Å²) in [5.74, 6) is -1.06. The number of aliphatic hydroxyl groups excluding tert-OH is 2. The number of hydrogen-bond acceptors (Lipinski definition) is 7. The number of phenols is 1. The van der Waals surface area contributed by atoms with Crippen molar-refractivity contribution in [2.45, 2.75) is 96.3 Å². The lowest BCUT2D eigenvalue weighted by atomic mass is 9.91. The first kappa shape index (κ1) is 34.7. The zero-order chi connectivity index (χ0) is 31.0. The molecule has 0 radical (unpaired) electrons. The Balaban J connectivity index is 0.00000144. The lowest BCUT2D eigenvalue weighted by Gasteiger charge is -2.20. The molecule has 2 atom stereocenters. The van der Waals surface area contributed by atoms with Gasteiger partial charge in [-0.1, -0.05) is 68.9 Å². The number of carboxylic acid groups (broad SMARTS) is 1. The molecule has 2 aromatic rings. The fourth-order valence-corrected chi connectivity index (χ4v) is 4.94. The Hall–Kier alpha value is -3.47. The first-order valence-corrected chi connectivity index (χ1v) is 14.8. The van der Waals surface area contributed by atoms with E-state index in [0.29, 0.717) is 24.1 Å². The van der Waals surface area contributed by atoms with E-state index in [-0.39, 0.29) is 18.3 Å². The second-order valence-corrected chi connectivity index (χ2v) is 11.1. The van der Waals surface area contributed by atoms with Crippen LogP contribution in [0.4, 0.5) is 4.79 Å². The van der Waals surface area contributed by atoms with Gasteiger partial charge in [0.25, 0.3) is 11.9 Å². The smallest absolute Gasteiger partial charge is 0.322 e. The van der Waals surface area contributed by atoms with Crippen molar-refractivity contribution in [2.75, 3.05) is 13.1 Å². The van der Waals surface area contributed by atoms with Gasteiger partial charge in [-0.05, 0) is 61.6 Å². The van der Waals surface area contributed by atoms with E-state index in [1.54, 1.807) is 19.1 Å². The molecule has 3 rings (SSSR count). The molecule has 1 saturated heterocycles. The minimum atomic E-state index is -0.883. The highest BCUT2D eigenvalue weighted by Crippen LogP contribution is 2.22. The Morgan fingerprint density at radius 3 is 2.19 bits per heavy atom. The van der Waals surface area contributed by atoms with Gasteiger partial charge in [0, 0.05) is 25.5 Å². The molecule has 1 heterocycles. The van der Waals surface area contributed by atoms with Gasteiger partial charge in [-0.25, -0.2) is 4.79 Å². The van der Waals surface area contributed by atoms with E-state index in [4.69, 9.17) is 9.90 Å². The highest BCUT2D eigenvalue weighted by atomic mass is 16.4. The summed E-state index contributed by atoms with van der Waals surface area (Å²) in [7, 11) is 0. The predicted molar refractivity (Wildman–Crippen MR) is 161 cm³/mol. The minimum absolute atomic E-state index is 0.0432. The molecule has 232 valence electrons. The monoisotopic (exact) mass is 585 g/mol. The maximum Gasteiger partial charge on any atom is 0.322 e. The van der Waals surface area contributed by atoms with E-state index in [1.807, 2.05) is 12.1 Å².